The average Bonchev–Trinajstić information content (AvgIpc) is 2.95. The molecule has 0 radical (unpaired) electrons. The average molecular weight is 441 g/mol. The van der Waals surface area contributed by atoms with Crippen molar-refractivity contribution < 1.29 is 18.8 Å². The first-order chi connectivity index (χ1) is 14.4. The SMILES string of the molecule is O=C(CN1C(=O)S/C(=C\c2cccc(Cl)c2)C1=O)Nc1ccc2oc(=O)ccc2c1. The fourth-order valence-corrected chi connectivity index (χ4v) is 3.91. The largest absolute Gasteiger partial charge is 0.423 e. The summed E-state index contributed by atoms with van der Waals surface area (Å²) in [6, 6.07) is 14.5. The van der Waals surface area contributed by atoms with Crippen LogP contribution in [0.15, 0.2) is 68.7 Å². The molecule has 1 saturated heterocycles. The highest BCUT2D eigenvalue weighted by Crippen LogP contribution is 2.32. The molecule has 0 unspecified atom stereocenters. The molecule has 1 N–H and O–H groups in total. The zero-order valence-corrected chi connectivity index (χ0v) is 16.8. The summed E-state index contributed by atoms with van der Waals surface area (Å²) in [6.07, 6.45) is 1.56. The number of rotatable bonds is 4. The number of imide groups is 1. The summed E-state index contributed by atoms with van der Waals surface area (Å²) < 4.78 is 5.04. The van der Waals surface area contributed by atoms with Gasteiger partial charge in [-0.3, -0.25) is 19.3 Å². The van der Waals surface area contributed by atoms with Gasteiger partial charge < -0.3 is 9.73 Å². The van der Waals surface area contributed by atoms with Gasteiger partial charge in [0.05, 0.1) is 4.91 Å². The number of fused-ring (bicyclic) bond motifs is 1. The second kappa shape index (κ2) is 8.17. The van der Waals surface area contributed by atoms with Crippen LogP contribution in [0.4, 0.5) is 10.5 Å². The van der Waals surface area contributed by atoms with Crippen LogP contribution in [0.5, 0.6) is 0 Å². The van der Waals surface area contributed by atoms with Crippen LogP contribution in [0.2, 0.25) is 5.02 Å². The van der Waals surface area contributed by atoms with Gasteiger partial charge in [-0.05, 0) is 59.8 Å². The molecule has 1 aliphatic rings. The number of nitrogens with one attached hydrogen (secondary N) is 1. The second-order valence-electron chi connectivity index (χ2n) is 6.38. The molecular weight excluding hydrogens is 428 g/mol. The minimum atomic E-state index is -0.541. The molecule has 9 heteroatoms. The number of hydrogen-bond donors (Lipinski definition) is 1. The van der Waals surface area contributed by atoms with E-state index in [1.54, 1.807) is 54.6 Å². The van der Waals surface area contributed by atoms with Crippen molar-refractivity contribution in [3.8, 4) is 0 Å². The first-order valence-electron chi connectivity index (χ1n) is 8.74. The van der Waals surface area contributed by atoms with E-state index >= 15 is 0 Å². The van der Waals surface area contributed by atoms with Crippen molar-refractivity contribution in [3.05, 3.63) is 80.5 Å². The van der Waals surface area contributed by atoms with Gasteiger partial charge >= 0.3 is 5.63 Å². The lowest BCUT2D eigenvalue weighted by Crippen LogP contribution is -2.36. The van der Waals surface area contributed by atoms with Crippen molar-refractivity contribution in [2.75, 3.05) is 11.9 Å². The number of halogens is 1. The van der Waals surface area contributed by atoms with Crippen molar-refractivity contribution in [1.29, 1.82) is 0 Å². The maximum Gasteiger partial charge on any atom is 0.336 e. The van der Waals surface area contributed by atoms with E-state index in [9.17, 15) is 19.2 Å². The van der Waals surface area contributed by atoms with Crippen molar-refractivity contribution in [1.82, 2.24) is 4.90 Å². The van der Waals surface area contributed by atoms with Gasteiger partial charge in [-0.15, -0.1) is 0 Å². The summed E-state index contributed by atoms with van der Waals surface area (Å²) in [6.45, 7) is -0.417. The number of carbonyl (C=O) groups is 3. The van der Waals surface area contributed by atoms with Crippen LogP contribution in [-0.2, 0) is 9.59 Å². The molecule has 0 aliphatic carbocycles. The van der Waals surface area contributed by atoms with Crippen LogP contribution >= 0.6 is 23.4 Å². The lowest BCUT2D eigenvalue weighted by atomic mass is 10.2. The zero-order chi connectivity index (χ0) is 21.3. The van der Waals surface area contributed by atoms with Crippen molar-refractivity contribution in [2.24, 2.45) is 0 Å². The van der Waals surface area contributed by atoms with E-state index in [1.165, 1.54) is 6.07 Å². The fraction of sp³-hybridized carbons (Fsp3) is 0.0476. The molecule has 3 aromatic rings. The van der Waals surface area contributed by atoms with Crippen LogP contribution in [0.1, 0.15) is 5.56 Å². The standard InChI is InChI=1S/C21H13ClN2O5S/c22-14-3-1-2-12(8-14)9-17-20(27)24(21(28)30-17)11-18(25)23-15-5-6-16-13(10-15)4-7-19(26)29-16/h1-10H,11H2,(H,23,25)/b17-9-. The first kappa shape index (κ1) is 19.9. The topological polar surface area (TPSA) is 96.7 Å². The van der Waals surface area contributed by atoms with Crippen LogP contribution < -0.4 is 10.9 Å². The molecule has 150 valence electrons. The van der Waals surface area contributed by atoms with Gasteiger partial charge in [0, 0.05) is 22.2 Å². The van der Waals surface area contributed by atoms with E-state index in [0.717, 1.165) is 16.7 Å². The Kier molecular flexibility index (Phi) is 5.43. The van der Waals surface area contributed by atoms with E-state index in [2.05, 4.69) is 5.32 Å². The van der Waals surface area contributed by atoms with Crippen LogP contribution in [0, 0.1) is 0 Å². The Morgan fingerprint density at radius 1 is 1.10 bits per heavy atom. The number of amides is 3. The summed E-state index contributed by atoms with van der Waals surface area (Å²) in [5.74, 6) is -1.07. The summed E-state index contributed by atoms with van der Waals surface area (Å²) in [7, 11) is 0. The molecular formula is C21H13ClN2O5S. The monoisotopic (exact) mass is 440 g/mol. The van der Waals surface area contributed by atoms with E-state index < -0.39 is 29.2 Å². The second-order valence-corrected chi connectivity index (χ2v) is 7.81. The van der Waals surface area contributed by atoms with Crippen LogP contribution in [-0.4, -0.2) is 28.5 Å². The maximum atomic E-state index is 12.6. The summed E-state index contributed by atoms with van der Waals surface area (Å²) in [4.78, 5) is 49.5. The Morgan fingerprint density at radius 2 is 1.93 bits per heavy atom. The minimum Gasteiger partial charge on any atom is -0.423 e. The molecule has 4 rings (SSSR count). The first-order valence-corrected chi connectivity index (χ1v) is 9.93. The van der Waals surface area contributed by atoms with Crippen LogP contribution in [0.3, 0.4) is 0 Å². The minimum absolute atomic E-state index is 0.218. The number of hydrogen-bond acceptors (Lipinski definition) is 6. The van der Waals surface area contributed by atoms with Gasteiger partial charge in [0.2, 0.25) is 5.91 Å². The van der Waals surface area contributed by atoms with E-state index in [0.29, 0.717) is 27.2 Å². The quantitative estimate of drug-likeness (QED) is 0.484. The van der Waals surface area contributed by atoms with Crippen molar-refractivity contribution in [2.45, 2.75) is 0 Å². The summed E-state index contributed by atoms with van der Waals surface area (Å²) in [5, 5.41) is 3.25. The Morgan fingerprint density at radius 3 is 2.73 bits per heavy atom. The fourth-order valence-electron chi connectivity index (χ4n) is 2.88. The predicted octanol–water partition coefficient (Wildman–Crippen LogP) is 4.12. The smallest absolute Gasteiger partial charge is 0.336 e. The van der Waals surface area contributed by atoms with Gasteiger partial charge in [0.15, 0.2) is 0 Å². The molecule has 1 fully saturated rings. The number of thioether (sulfide) groups is 1. The number of nitrogens with zero attached hydrogens (tertiary/aromatic N) is 1. The Balaban J connectivity index is 1.46. The van der Waals surface area contributed by atoms with Crippen molar-refractivity contribution >= 4 is 63.1 Å². The van der Waals surface area contributed by atoms with E-state index in [-0.39, 0.29) is 4.91 Å². The molecule has 7 nitrogen and oxygen atoms in total. The lowest BCUT2D eigenvalue weighted by molar-refractivity contribution is -0.127. The Bertz CT molecular complexity index is 1280. The maximum absolute atomic E-state index is 12.6. The molecule has 3 amide bonds. The molecule has 2 heterocycles. The zero-order valence-electron chi connectivity index (χ0n) is 15.3. The third kappa shape index (κ3) is 4.29. The molecule has 30 heavy (non-hydrogen) atoms. The van der Waals surface area contributed by atoms with Gasteiger partial charge in [-0.25, -0.2) is 4.79 Å². The molecule has 0 bridgehead atoms. The highest BCUT2D eigenvalue weighted by molar-refractivity contribution is 8.18. The number of benzene rings is 2. The van der Waals surface area contributed by atoms with E-state index in [1.807, 2.05) is 0 Å². The molecule has 0 atom stereocenters. The number of carbonyl (C=O) groups excluding carboxylic acids is 3. The Hall–Kier alpha value is -3.36. The van der Waals surface area contributed by atoms with Crippen LogP contribution in [0.25, 0.3) is 17.0 Å². The van der Waals surface area contributed by atoms with E-state index in [4.69, 9.17) is 16.0 Å². The van der Waals surface area contributed by atoms with Gasteiger partial charge in [-0.1, -0.05) is 23.7 Å². The predicted molar refractivity (Wildman–Crippen MR) is 115 cm³/mol. The molecule has 1 aromatic heterocycles. The third-order valence-corrected chi connectivity index (χ3v) is 5.37. The molecule has 0 spiro atoms. The molecule has 1 aliphatic heterocycles. The third-order valence-electron chi connectivity index (χ3n) is 4.22. The molecule has 0 saturated carbocycles. The summed E-state index contributed by atoms with van der Waals surface area (Å²) >= 11 is 6.71. The highest BCUT2D eigenvalue weighted by atomic mass is 35.5. The lowest BCUT2D eigenvalue weighted by Gasteiger charge is -2.12. The number of anilines is 1. The molecule has 2 aromatic carbocycles. The normalized spacial score (nSPS) is 15.2. The highest BCUT2D eigenvalue weighted by Gasteiger charge is 2.36. The van der Waals surface area contributed by atoms with Gasteiger partial charge in [-0.2, -0.15) is 0 Å². The van der Waals surface area contributed by atoms with Crippen molar-refractivity contribution in [3.63, 3.8) is 0 Å². The van der Waals surface area contributed by atoms with Gasteiger partial charge in [0.1, 0.15) is 12.1 Å². The summed E-state index contributed by atoms with van der Waals surface area (Å²) in [5.41, 5.74) is 1.05. The van der Waals surface area contributed by atoms with Gasteiger partial charge in [0.25, 0.3) is 11.1 Å². The Labute approximate surface area is 179 Å².